The highest BCUT2D eigenvalue weighted by Gasteiger charge is 2.10. The Morgan fingerprint density at radius 1 is 1.35 bits per heavy atom. The first-order chi connectivity index (χ1) is 8.06. The van der Waals surface area contributed by atoms with E-state index in [1.54, 1.807) is 7.11 Å². The van der Waals surface area contributed by atoms with Gasteiger partial charge in [-0.05, 0) is 59.4 Å². The molecule has 0 aromatic heterocycles. The minimum absolute atomic E-state index is 0.537. The van der Waals surface area contributed by atoms with Gasteiger partial charge in [0.05, 0.1) is 11.6 Å². The summed E-state index contributed by atoms with van der Waals surface area (Å²) in [5, 5.41) is 3.38. The Morgan fingerprint density at radius 2 is 2.06 bits per heavy atom. The number of hydrogen-bond donors (Lipinski definition) is 1. The van der Waals surface area contributed by atoms with Gasteiger partial charge in [0, 0.05) is 6.04 Å². The van der Waals surface area contributed by atoms with Crippen molar-refractivity contribution in [3.05, 3.63) is 28.2 Å². The highest BCUT2D eigenvalue weighted by Crippen LogP contribution is 2.26. The third kappa shape index (κ3) is 4.68. The SMILES string of the molecule is CNC(Cc1ccc(OC)c(Br)c1)CC(C)C. The summed E-state index contributed by atoms with van der Waals surface area (Å²) in [6.45, 7) is 4.52. The van der Waals surface area contributed by atoms with Crippen molar-refractivity contribution in [2.45, 2.75) is 32.7 Å². The van der Waals surface area contributed by atoms with Crippen LogP contribution in [0.3, 0.4) is 0 Å². The van der Waals surface area contributed by atoms with Gasteiger partial charge in [-0.25, -0.2) is 0 Å². The number of methoxy groups -OCH3 is 1. The third-order valence-corrected chi connectivity index (χ3v) is 3.48. The fraction of sp³-hybridized carbons (Fsp3) is 0.571. The van der Waals surface area contributed by atoms with Gasteiger partial charge in [0.1, 0.15) is 5.75 Å². The van der Waals surface area contributed by atoms with Crippen LogP contribution in [0.1, 0.15) is 25.8 Å². The van der Waals surface area contributed by atoms with Crippen molar-refractivity contribution in [3.63, 3.8) is 0 Å². The second kappa shape index (κ2) is 7.02. The Morgan fingerprint density at radius 3 is 2.53 bits per heavy atom. The van der Waals surface area contributed by atoms with E-state index >= 15 is 0 Å². The topological polar surface area (TPSA) is 21.3 Å². The van der Waals surface area contributed by atoms with Crippen molar-refractivity contribution in [3.8, 4) is 5.75 Å². The summed E-state index contributed by atoms with van der Waals surface area (Å²) < 4.78 is 6.26. The maximum atomic E-state index is 5.23. The van der Waals surface area contributed by atoms with Crippen molar-refractivity contribution in [1.82, 2.24) is 5.32 Å². The molecule has 0 spiro atoms. The molecule has 0 heterocycles. The van der Waals surface area contributed by atoms with Gasteiger partial charge in [0.15, 0.2) is 0 Å². The maximum absolute atomic E-state index is 5.23. The van der Waals surface area contributed by atoms with E-state index in [0.717, 1.165) is 16.6 Å². The summed E-state index contributed by atoms with van der Waals surface area (Å²) in [7, 11) is 3.72. The van der Waals surface area contributed by atoms with Crippen molar-refractivity contribution < 1.29 is 4.74 Å². The molecule has 0 saturated heterocycles. The zero-order valence-electron chi connectivity index (χ0n) is 11.1. The van der Waals surface area contributed by atoms with Crippen molar-refractivity contribution in [1.29, 1.82) is 0 Å². The highest BCUT2D eigenvalue weighted by molar-refractivity contribution is 9.10. The highest BCUT2D eigenvalue weighted by atomic mass is 79.9. The Balaban J connectivity index is 2.69. The molecule has 0 amide bonds. The van der Waals surface area contributed by atoms with Crippen molar-refractivity contribution >= 4 is 15.9 Å². The molecule has 0 radical (unpaired) electrons. The van der Waals surface area contributed by atoms with Crippen LogP contribution in [0.2, 0.25) is 0 Å². The molecule has 3 heteroatoms. The molecular formula is C14H22BrNO. The predicted molar refractivity (Wildman–Crippen MR) is 76.7 cm³/mol. The number of hydrogen-bond acceptors (Lipinski definition) is 2. The zero-order chi connectivity index (χ0) is 12.8. The summed E-state index contributed by atoms with van der Waals surface area (Å²) in [4.78, 5) is 0. The number of halogens is 1. The van der Waals surface area contributed by atoms with E-state index in [1.165, 1.54) is 12.0 Å². The molecule has 0 aliphatic rings. The summed E-state index contributed by atoms with van der Waals surface area (Å²) in [6, 6.07) is 6.83. The lowest BCUT2D eigenvalue weighted by Crippen LogP contribution is -2.29. The van der Waals surface area contributed by atoms with Gasteiger partial charge in [0.25, 0.3) is 0 Å². The minimum atomic E-state index is 0.537. The molecule has 1 rings (SSSR count). The lowest BCUT2D eigenvalue weighted by molar-refractivity contribution is 0.411. The van der Waals surface area contributed by atoms with Crippen LogP contribution < -0.4 is 10.1 Å². The van der Waals surface area contributed by atoms with Gasteiger partial charge in [-0.2, -0.15) is 0 Å². The standard InChI is InChI=1S/C14H22BrNO/c1-10(2)7-12(16-3)8-11-5-6-14(17-4)13(15)9-11/h5-6,9-10,12,16H,7-8H2,1-4H3. The number of rotatable bonds is 6. The summed E-state index contributed by atoms with van der Waals surface area (Å²) in [5.74, 6) is 1.60. The monoisotopic (exact) mass is 299 g/mol. The lowest BCUT2D eigenvalue weighted by Gasteiger charge is -2.18. The summed E-state index contributed by atoms with van der Waals surface area (Å²) in [5.41, 5.74) is 1.33. The van der Waals surface area contributed by atoms with Crippen LogP contribution in [0.25, 0.3) is 0 Å². The predicted octanol–water partition coefficient (Wildman–Crippen LogP) is 3.63. The van der Waals surface area contributed by atoms with E-state index in [-0.39, 0.29) is 0 Å². The fourth-order valence-electron chi connectivity index (χ4n) is 1.99. The first-order valence-corrected chi connectivity index (χ1v) is 6.85. The Bertz CT molecular complexity index is 352. The van der Waals surface area contributed by atoms with Gasteiger partial charge in [-0.3, -0.25) is 0 Å². The van der Waals surface area contributed by atoms with Gasteiger partial charge >= 0.3 is 0 Å². The first-order valence-electron chi connectivity index (χ1n) is 6.06. The van der Waals surface area contributed by atoms with E-state index in [2.05, 4.69) is 47.2 Å². The summed E-state index contributed by atoms with van der Waals surface area (Å²) in [6.07, 6.45) is 2.25. The van der Waals surface area contributed by atoms with E-state index in [9.17, 15) is 0 Å². The van der Waals surface area contributed by atoms with Crippen molar-refractivity contribution in [2.24, 2.45) is 5.92 Å². The number of nitrogens with one attached hydrogen (secondary N) is 1. The maximum Gasteiger partial charge on any atom is 0.133 e. The Hall–Kier alpha value is -0.540. The van der Waals surface area contributed by atoms with E-state index in [0.29, 0.717) is 12.0 Å². The smallest absolute Gasteiger partial charge is 0.133 e. The van der Waals surface area contributed by atoms with Crippen molar-refractivity contribution in [2.75, 3.05) is 14.2 Å². The second-order valence-corrected chi connectivity index (χ2v) is 5.64. The zero-order valence-corrected chi connectivity index (χ0v) is 12.7. The molecule has 17 heavy (non-hydrogen) atoms. The van der Waals surface area contributed by atoms with Crippen LogP contribution in [0.4, 0.5) is 0 Å². The van der Waals surface area contributed by atoms with Gasteiger partial charge in [-0.1, -0.05) is 19.9 Å². The Labute approximate surface area is 113 Å². The van der Waals surface area contributed by atoms with E-state index < -0.39 is 0 Å². The first kappa shape index (κ1) is 14.5. The van der Waals surface area contributed by atoms with Gasteiger partial charge in [-0.15, -0.1) is 0 Å². The average Bonchev–Trinajstić information content (AvgIpc) is 2.27. The van der Waals surface area contributed by atoms with Crippen LogP contribution in [-0.4, -0.2) is 20.2 Å². The molecule has 0 saturated carbocycles. The molecule has 0 aliphatic carbocycles. The average molecular weight is 300 g/mol. The molecular weight excluding hydrogens is 278 g/mol. The molecule has 0 aliphatic heterocycles. The molecule has 0 bridgehead atoms. The lowest BCUT2D eigenvalue weighted by atomic mass is 9.97. The summed E-state index contributed by atoms with van der Waals surface area (Å²) >= 11 is 3.52. The quantitative estimate of drug-likeness (QED) is 0.866. The number of ether oxygens (including phenoxy) is 1. The molecule has 2 nitrogen and oxygen atoms in total. The normalized spacial score (nSPS) is 12.8. The Kier molecular flexibility index (Phi) is 6.00. The van der Waals surface area contributed by atoms with Gasteiger partial charge < -0.3 is 10.1 Å². The molecule has 1 unspecified atom stereocenters. The molecule has 1 aromatic rings. The number of likely N-dealkylation sites (N-methyl/N-ethyl adjacent to an activating group) is 1. The van der Waals surface area contributed by atoms with Crippen LogP contribution in [0.5, 0.6) is 5.75 Å². The minimum Gasteiger partial charge on any atom is -0.496 e. The largest absolute Gasteiger partial charge is 0.496 e. The molecule has 0 fully saturated rings. The molecule has 1 atom stereocenters. The van der Waals surface area contributed by atoms with E-state index in [1.807, 2.05) is 13.1 Å². The molecule has 1 N–H and O–H groups in total. The van der Waals surface area contributed by atoms with Crippen LogP contribution in [0, 0.1) is 5.92 Å². The van der Waals surface area contributed by atoms with Gasteiger partial charge in [0.2, 0.25) is 0 Å². The number of benzene rings is 1. The van der Waals surface area contributed by atoms with Crippen LogP contribution in [0.15, 0.2) is 22.7 Å². The van der Waals surface area contributed by atoms with Crippen LogP contribution >= 0.6 is 15.9 Å². The fourth-order valence-corrected chi connectivity index (χ4v) is 2.58. The molecule has 1 aromatic carbocycles. The second-order valence-electron chi connectivity index (χ2n) is 4.79. The third-order valence-electron chi connectivity index (χ3n) is 2.86. The van der Waals surface area contributed by atoms with E-state index in [4.69, 9.17) is 4.74 Å². The molecule has 96 valence electrons. The van der Waals surface area contributed by atoms with Crippen LogP contribution in [-0.2, 0) is 6.42 Å².